The summed E-state index contributed by atoms with van der Waals surface area (Å²) >= 11 is 1.09. The predicted octanol–water partition coefficient (Wildman–Crippen LogP) is 6.68. The second kappa shape index (κ2) is 11.4. The Balaban J connectivity index is 1.97. The van der Waals surface area contributed by atoms with Crippen molar-refractivity contribution < 1.29 is 19.2 Å². The van der Waals surface area contributed by atoms with Crippen LogP contribution in [-0.4, -0.2) is 42.1 Å². The molecule has 10 nitrogen and oxygen atoms in total. The van der Waals surface area contributed by atoms with Crippen LogP contribution < -0.4 is 9.64 Å². The summed E-state index contributed by atoms with van der Waals surface area (Å²) in [6.07, 6.45) is 0. The maximum atomic E-state index is 11.7. The van der Waals surface area contributed by atoms with Gasteiger partial charge in [-0.25, -0.2) is 4.79 Å². The van der Waals surface area contributed by atoms with Crippen molar-refractivity contribution in [2.24, 2.45) is 21.6 Å². The van der Waals surface area contributed by atoms with E-state index in [1.165, 1.54) is 19.2 Å². The lowest BCUT2D eigenvalue weighted by atomic mass is 9.80. The van der Waals surface area contributed by atoms with Crippen LogP contribution in [0.3, 0.4) is 0 Å². The third-order valence-corrected chi connectivity index (χ3v) is 7.09. The van der Waals surface area contributed by atoms with Crippen molar-refractivity contribution in [2.75, 3.05) is 31.7 Å². The molecule has 3 aromatic rings. The van der Waals surface area contributed by atoms with Gasteiger partial charge in [-0.15, -0.1) is 10.2 Å². The first kappa shape index (κ1) is 27.0. The predicted molar refractivity (Wildman–Crippen MR) is 141 cm³/mol. The molecule has 0 aliphatic rings. The molecule has 0 unspecified atom stereocenters. The SMILES string of the molecule is CCN(CC(C)(C)C(C)C)c1ccc(N=Nc2snc3ccc([N+](=O)[O-])cc23)c(OCC(=O)OC)c1. The molecule has 2 aromatic carbocycles. The van der Waals surface area contributed by atoms with Crippen molar-refractivity contribution in [2.45, 2.75) is 34.6 Å². The molecule has 0 saturated carbocycles. The average Bonchev–Trinajstić information content (AvgIpc) is 3.26. The van der Waals surface area contributed by atoms with Crippen LogP contribution in [0.4, 0.5) is 22.1 Å². The molecule has 0 saturated heterocycles. The number of anilines is 1. The van der Waals surface area contributed by atoms with Gasteiger partial charge in [0, 0.05) is 42.4 Å². The van der Waals surface area contributed by atoms with Crippen molar-refractivity contribution in [1.82, 2.24) is 4.37 Å². The molecule has 0 radical (unpaired) electrons. The van der Waals surface area contributed by atoms with Gasteiger partial charge in [0.2, 0.25) is 0 Å². The zero-order valence-electron chi connectivity index (χ0n) is 21.3. The van der Waals surface area contributed by atoms with Crippen molar-refractivity contribution in [3.05, 3.63) is 46.5 Å². The molecule has 0 atom stereocenters. The van der Waals surface area contributed by atoms with Crippen LogP contribution in [-0.2, 0) is 9.53 Å². The van der Waals surface area contributed by atoms with Crippen molar-refractivity contribution in [3.8, 4) is 5.75 Å². The second-order valence-electron chi connectivity index (χ2n) is 9.32. The van der Waals surface area contributed by atoms with Crippen molar-refractivity contribution >= 4 is 50.5 Å². The molecular formula is C25H31N5O5S. The maximum absolute atomic E-state index is 11.7. The quantitative estimate of drug-likeness (QED) is 0.121. The third kappa shape index (κ3) is 6.34. The Hall–Kier alpha value is -3.60. The number of hydrogen-bond donors (Lipinski definition) is 0. The number of carbonyl (C=O) groups is 1. The summed E-state index contributed by atoms with van der Waals surface area (Å²) in [4.78, 5) is 24.7. The number of hydrogen-bond acceptors (Lipinski definition) is 10. The minimum absolute atomic E-state index is 0.0467. The highest BCUT2D eigenvalue weighted by atomic mass is 32.1. The van der Waals surface area contributed by atoms with Gasteiger partial charge < -0.3 is 14.4 Å². The van der Waals surface area contributed by atoms with Gasteiger partial charge in [-0.2, -0.15) is 4.37 Å². The topological polar surface area (TPSA) is 120 Å². The van der Waals surface area contributed by atoms with Gasteiger partial charge in [0.15, 0.2) is 11.6 Å². The molecule has 1 heterocycles. The number of ether oxygens (including phenoxy) is 2. The summed E-state index contributed by atoms with van der Waals surface area (Å²) in [6.45, 7) is 12.3. The lowest BCUT2D eigenvalue weighted by Crippen LogP contribution is -2.37. The molecule has 3 rings (SSSR count). The van der Waals surface area contributed by atoms with E-state index in [0.717, 1.165) is 30.3 Å². The monoisotopic (exact) mass is 513 g/mol. The first-order valence-electron chi connectivity index (χ1n) is 11.6. The molecule has 0 spiro atoms. The Morgan fingerprint density at radius 3 is 2.61 bits per heavy atom. The van der Waals surface area contributed by atoms with Gasteiger partial charge in [0.25, 0.3) is 5.69 Å². The largest absolute Gasteiger partial charge is 0.479 e. The van der Waals surface area contributed by atoms with Crippen LogP contribution in [0.5, 0.6) is 5.75 Å². The molecule has 36 heavy (non-hydrogen) atoms. The maximum Gasteiger partial charge on any atom is 0.343 e. The fourth-order valence-corrected chi connectivity index (χ4v) is 4.04. The number of rotatable bonds is 11. The minimum Gasteiger partial charge on any atom is -0.479 e. The smallest absolute Gasteiger partial charge is 0.343 e. The summed E-state index contributed by atoms with van der Waals surface area (Å²) in [6, 6.07) is 9.98. The fraction of sp³-hybridized carbons (Fsp3) is 0.440. The van der Waals surface area contributed by atoms with Crippen LogP contribution in [0.1, 0.15) is 34.6 Å². The summed E-state index contributed by atoms with van der Waals surface area (Å²) in [5.74, 6) is 0.347. The van der Waals surface area contributed by atoms with E-state index in [2.05, 4.69) is 54.1 Å². The minimum atomic E-state index is -0.516. The second-order valence-corrected chi connectivity index (χ2v) is 10.1. The number of nitro groups is 1. The van der Waals surface area contributed by atoms with Crippen LogP contribution in [0, 0.1) is 21.4 Å². The Bertz CT molecular complexity index is 1270. The molecule has 192 valence electrons. The number of esters is 1. The summed E-state index contributed by atoms with van der Waals surface area (Å²) in [5, 5.41) is 20.8. The third-order valence-electron chi connectivity index (χ3n) is 6.33. The number of methoxy groups -OCH3 is 1. The number of azo groups is 1. The zero-order valence-corrected chi connectivity index (χ0v) is 22.2. The van der Waals surface area contributed by atoms with Crippen LogP contribution in [0.25, 0.3) is 10.9 Å². The first-order valence-corrected chi connectivity index (χ1v) is 12.4. The van der Waals surface area contributed by atoms with Gasteiger partial charge in [-0.05, 0) is 48.0 Å². The number of carbonyl (C=O) groups excluding carboxylic acids is 1. The van der Waals surface area contributed by atoms with Crippen LogP contribution in [0.2, 0.25) is 0 Å². The number of benzene rings is 2. The van der Waals surface area contributed by atoms with Crippen LogP contribution in [0.15, 0.2) is 46.6 Å². The normalized spacial score (nSPS) is 11.9. The zero-order chi connectivity index (χ0) is 26.5. The first-order chi connectivity index (χ1) is 17.1. The van der Waals surface area contributed by atoms with E-state index in [1.807, 2.05) is 12.1 Å². The van der Waals surface area contributed by atoms with Crippen LogP contribution >= 0.6 is 11.5 Å². The van der Waals surface area contributed by atoms with E-state index in [-0.39, 0.29) is 17.7 Å². The van der Waals surface area contributed by atoms with E-state index >= 15 is 0 Å². The molecule has 11 heteroatoms. The average molecular weight is 514 g/mol. The number of fused-ring (bicyclic) bond motifs is 1. The van der Waals surface area contributed by atoms with Gasteiger partial charge in [0.05, 0.1) is 17.5 Å². The Labute approximate surface area is 214 Å². The van der Waals surface area contributed by atoms with Crippen molar-refractivity contribution in [3.63, 3.8) is 0 Å². The number of nitro benzene ring substituents is 1. The lowest BCUT2D eigenvalue weighted by molar-refractivity contribution is -0.384. The summed E-state index contributed by atoms with van der Waals surface area (Å²) < 4.78 is 14.8. The van der Waals surface area contributed by atoms with E-state index in [4.69, 9.17) is 9.47 Å². The van der Waals surface area contributed by atoms with Gasteiger partial charge in [-0.1, -0.05) is 27.7 Å². The Kier molecular flexibility index (Phi) is 8.57. The molecule has 0 fully saturated rings. The van der Waals surface area contributed by atoms with E-state index in [0.29, 0.717) is 33.3 Å². The number of aromatic nitrogens is 1. The Morgan fingerprint density at radius 1 is 1.22 bits per heavy atom. The highest BCUT2D eigenvalue weighted by Gasteiger charge is 2.25. The standard InChI is InChI=1S/C25H31N5O5S/c1-7-29(15-25(4,5)16(2)3)17-8-11-21(22(13-17)35-14-23(31)34-6)26-27-24-19-12-18(30(32)33)9-10-20(19)28-36-24/h8-13,16H,7,14-15H2,1-6H3. The molecule has 0 N–H and O–H groups in total. The highest BCUT2D eigenvalue weighted by molar-refractivity contribution is 7.11. The molecule has 0 amide bonds. The highest BCUT2D eigenvalue weighted by Crippen LogP contribution is 2.38. The van der Waals surface area contributed by atoms with E-state index in [9.17, 15) is 14.9 Å². The summed E-state index contributed by atoms with van der Waals surface area (Å²) in [7, 11) is 1.30. The van der Waals surface area contributed by atoms with E-state index in [1.54, 1.807) is 12.1 Å². The molecular weight excluding hydrogens is 482 g/mol. The molecule has 0 bridgehead atoms. The molecule has 1 aromatic heterocycles. The summed E-state index contributed by atoms with van der Waals surface area (Å²) in [5.41, 5.74) is 1.98. The lowest BCUT2D eigenvalue weighted by Gasteiger charge is -2.36. The van der Waals surface area contributed by atoms with Crippen molar-refractivity contribution in [1.29, 1.82) is 0 Å². The molecule has 0 aliphatic heterocycles. The number of nitrogens with zero attached hydrogens (tertiary/aromatic N) is 5. The fourth-order valence-electron chi connectivity index (χ4n) is 3.35. The van der Waals surface area contributed by atoms with Gasteiger partial charge >= 0.3 is 5.97 Å². The van der Waals surface area contributed by atoms with Gasteiger partial charge in [0.1, 0.15) is 11.4 Å². The molecule has 0 aliphatic carbocycles. The number of non-ortho nitro benzene ring substituents is 1. The Morgan fingerprint density at radius 2 is 1.97 bits per heavy atom. The van der Waals surface area contributed by atoms with E-state index < -0.39 is 10.9 Å². The van der Waals surface area contributed by atoms with Gasteiger partial charge in [-0.3, -0.25) is 10.1 Å².